The molecular formula is C15H21NO3. The molecule has 1 fully saturated rings. The molecule has 1 amide bonds. The van der Waals surface area contributed by atoms with Crippen LogP contribution in [0.5, 0.6) is 0 Å². The monoisotopic (exact) mass is 263 g/mol. The van der Waals surface area contributed by atoms with E-state index in [1.165, 1.54) is 0 Å². The minimum atomic E-state index is -0.522. The zero-order chi connectivity index (χ0) is 14.0. The van der Waals surface area contributed by atoms with E-state index in [1.807, 2.05) is 51.1 Å². The lowest BCUT2D eigenvalue weighted by atomic mass is 10.0. The maximum Gasteiger partial charge on any atom is 0.410 e. The second-order valence-corrected chi connectivity index (χ2v) is 5.95. The van der Waals surface area contributed by atoms with Crippen molar-refractivity contribution in [1.82, 2.24) is 4.90 Å². The Balaban J connectivity index is 2.16. The molecule has 0 bridgehead atoms. The number of amides is 1. The number of nitrogens with zero attached hydrogens (tertiary/aromatic N) is 1. The summed E-state index contributed by atoms with van der Waals surface area (Å²) in [4.78, 5) is 13.8. The molecule has 2 rings (SSSR count). The largest absolute Gasteiger partial charge is 0.444 e. The van der Waals surface area contributed by atoms with Gasteiger partial charge in [-0.2, -0.15) is 0 Å². The van der Waals surface area contributed by atoms with Crippen LogP contribution in [-0.2, 0) is 4.74 Å². The molecule has 0 aromatic heterocycles. The fourth-order valence-corrected chi connectivity index (χ4v) is 2.33. The predicted octanol–water partition coefficient (Wildman–Crippen LogP) is 2.73. The van der Waals surface area contributed by atoms with Crippen molar-refractivity contribution in [2.45, 2.75) is 44.9 Å². The maximum absolute atomic E-state index is 12.2. The smallest absolute Gasteiger partial charge is 0.410 e. The van der Waals surface area contributed by atoms with Crippen LogP contribution in [0.25, 0.3) is 0 Å². The van der Waals surface area contributed by atoms with Crippen molar-refractivity contribution < 1.29 is 14.6 Å². The third kappa shape index (κ3) is 3.47. The number of aliphatic hydroxyl groups excluding tert-OH is 1. The first-order valence-corrected chi connectivity index (χ1v) is 6.59. The first-order chi connectivity index (χ1) is 8.87. The third-order valence-corrected chi connectivity index (χ3v) is 3.09. The summed E-state index contributed by atoms with van der Waals surface area (Å²) in [6.07, 6.45) is -0.292. The topological polar surface area (TPSA) is 49.8 Å². The zero-order valence-corrected chi connectivity index (χ0v) is 11.7. The summed E-state index contributed by atoms with van der Waals surface area (Å²) in [5.41, 5.74) is 0.510. The number of rotatable bonds is 1. The Morgan fingerprint density at radius 3 is 2.53 bits per heavy atom. The first kappa shape index (κ1) is 13.9. The minimum absolute atomic E-state index is 0.106. The van der Waals surface area contributed by atoms with Crippen LogP contribution in [0, 0.1) is 0 Å². The highest BCUT2D eigenvalue weighted by molar-refractivity contribution is 5.69. The molecule has 0 aliphatic carbocycles. The van der Waals surface area contributed by atoms with E-state index < -0.39 is 11.7 Å². The molecule has 1 heterocycles. The van der Waals surface area contributed by atoms with E-state index in [4.69, 9.17) is 4.74 Å². The molecule has 2 atom stereocenters. The number of hydrogen-bond acceptors (Lipinski definition) is 3. The van der Waals surface area contributed by atoms with Gasteiger partial charge in [0.1, 0.15) is 5.60 Å². The molecule has 4 heteroatoms. The van der Waals surface area contributed by atoms with Crippen molar-refractivity contribution in [3.63, 3.8) is 0 Å². The molecule has 1 unspecified atom stereocenters. The molecule has 1 aromatic rings. The molecule has 1 aliphatic rings. The normalized spacial score (nSPS) is 23.5. The summed E-state index contributed by atoms with van der Waals surface area (Å²) >= 11 is 0. The Labute approximate surface area is 114 Å². The van der Waals surface area contributed by atoms with Crippen LogP contribution in [0.4, 0.5) is 4.79 Å². The molecule has 0 radical (unpaired) electrons. The minimum Gasteiger partial charge on any atom is -0.444 e. The van der Waals surface area contributed by atoms with Gasteiger partial charge in [0.2, 0.25) is 0 Å². The van der Waals surface area contributed by atoms with Crippen LogP contribution in [0.15, 0.2) is 30.3 Å². The quantitative estimate of drug-likeness (QED) is 0.847. The van der Waals surface area contributed by atoms with E-state index in [-0.39, 0.29) is 12.1 Å². The van der Waals surface area contributed by atoms with E-state index in [2.05, 4.69) is 0 Å². The number of hydrogen-bond donors (Lipinski definition) is 1. The van der Waals surface area contributed by atoms with Crippen LogP contribution in [0.2, 0.25) is 0 Å². The van der Waals surface area contributed by atoms with Crippen LogP contribution in [0.1, 0.15) is 38.8 Å². The van der Waals surface area contributed by atoms with Crippen molar-refractivity contribution in [2.24, 2.45) is 0 Å². The molecule has 1 N–H and O–H groups in total. The summed E-state index contributed by atoms with van der Waals surface area (Å²) in [5, 5.41) is 9.83. The fraction of sp³-hybridized carbons (Fsp3) is 0.533. The summed E-state index contributed by atoms with van der Waals surface area (Å²) in [6, 6.07) is 9.65. The van der Waals surface area contributed by atoms with Gasteiger partial charge in [-0.05, 0) is 32.8 Å². The van der Waals surface area contributed by atoms with Gasteiger partial charge in [-0.1, -0.05) is 30.3 Å². The Hall–Kier alpha value is -1.55. The summed E-state index contributed by atoms with van der Waals surface area (Å²) in [6.45, 7) is 5.85. The summed E-state index contributed by atoms with van der Waals surface area (Å²) in [5.74, 6) is 0. The van der Waals surface area contributed by atoms with Gasteiger partial charge in [0.25, 0.3) is 0 Å². The standard InChI is InChI=1S/C15H21NO3/c1-15(2,3)19-14(18)16-10-12(17)9-13(16)11-7-5-4-6-8-11/h4-8,12-13,17H,9-10H2,1-3H3/t12?,13-/m0/s1. The third-order valence-electron chi connectivity index (χ3n) is 3.09. The lowest BCUT2D eigenvalue weighted by Gasteiger charge is -2.28. The molecule has 0 saturated carbocycles. The van der Waals surface area contributed by atoms with E-state index in [0.29, 0.717) is 13.0 Å². The number of β-amino-alcohol motifs (C(OH)–C–C–N with tert-alkyl or cyclic N) is 1. The van der Waals surface area contributed by atoms with Crippen LogP contribution >= 0.6 is 0 Å². The van der Waals surface area contributed by atoms with Crippen LogP contribution in [0.3, 0.4) is 0 Å². The summed E-state index contributed by atoms with van der Waals surface area (Å²) in [7, 11) is 0. The highest BCUT2D eigenvalue weighted by Gasteiger charge is 2.37. The van der Waals surface area contributed by atoms with E-state index >= 15 is 0 Å². The van der Waals surface area contributed by atoms with Gasteiger partial charge in [0.15, 0.2) is 0 Å². The van der Waals surface area contributed by atoms with Crippen molar-refractivity contribution in [2.75, 3.05) is 6.54 Å². The maximum atomic E-state index is 12.2. The highest BCUT2D eigenvalue weighted by atomic mass is 16.6. The van der Waals surface area contributed by atoms with Gasteiger partial charge in [0.05, 0.1) is 18.7 Å². The molecule has 1 aliphatic heterocycles. The van der Waals surface area contributed by atoms with Crippen molar-refractivity contribution in [1.29, 1.82) is 0 Å². The lowest BCUT2D eigenvalue weighted by Crippen LogP contribution is -2.37. The van der Waals surface area contributed by atoms with E-state index in [0.717, 1.165) is 5.56 Å². The lowest BCUT2D eigenvalue weighted by molar-refractivity contribution is 0.0206. The Morgan fingerprint density at radius 1 is 1.32 bits per heavy atom. The number of benzene rings is 1. The molecule has 1 saturated heterocycles. The number of aliphatic hydroxyl groups is 1. The van der Waals surface area contributed by atoms with E-state index in [9.17, 15) is 9.90 Å². The van der Waals surface area contributed by atoms with Gasteiger partial charge in [-0.25, -0.2) is 4.79 Å². The number of carbonyl (C=O) groups excluding carboxylic acids is 1. The number of ether oxygens (including phenoxy) is 1. The zero-order valence-electron chi connectivity index (χ0n) is 11.7. The Kier molecular flexibility index (Phi) is 3.80. The van der Waals surface area contributed by atoms with Gasteiger partial charge in [-0.3, -0.25) is 4.90 Å². The molecule has 19 heavy (non-hydrogen) atoms. The molecule has 0 spiro atoms. The van der Waals surface area contributed by atoms with E-state index in [1.54, 1.807) is 4.90 Å². The summed E-state index contributed by atoms with van der Waals surface area (Å²) < 4.78 is 5.40. The van der Waals surface area contributed by atoms with Crippen LogP contribution in [-0.4, -0.2) is 34.3 Å². The van der Waals surface area contributed by atoms with Crippen molar-refractivity contribution >= 4 is 6.09 Å². The molecular weight excluding hydrogens is 242 g/mol. The molecule has 4 nitrogen and oxygen atoms in total. The average molecular weight is 263 g/mol. The molecule has 1 aromatic carbocycles. The highest BCUT2D eigenvalue weighted by Crippen LogP contribution is 2.33. The van der Waals surface area contributed by atoms with Gasteiger partial charge in [-0.15, -0.1) is 0 Å². The SMILES string of the molecule is CC(C)(C)OC(=O)N1CC(O)C[C@H]1c1ccccc1. The first-order valence-electron chi connectivity index (χ1n) is 6.59. The number of likely N-dealkylation sites (tertiary alicyclic amines) is 1. The molecule has 104 valence electrons. The van der Waals surface area contributed by atoms with Gasteiger partial charge in [0, 0.05) is 0 Å². The average Bonchev–Trinajstić information content (AvgIpc) is 2.70. The second kappa shape index (κ2) is 5.21. The van der Waals surface area contributed by atoms with Gasteiger partial charge >= 0.3 is 6.09 Å². The van der Waals surface area contributed by atoms with Gasteiger partial charge < -0.3 is 9.84 Å². The Bertz CT molecular complexity index is 438. The second-order valence-electron chi connectivity index (χ2n) is 5.95. The Morgan fingerprint density at radius 2 is 1.95 bits per heavy atom. The van der Waals surface area contributed by atoms with Crippen molar-refractivity contribution in [3.05, 3.63) is 35.9 Å². The number of carbonyl (C=O) groups is 1. The van der Waals surface area contributed by atoms with Crippen LogP contribution < -0.4 is 0 Å². The van der Waals surface area contributed by atoms with Crippen molar-refractivity contribution in [3.8, 4) is 0 Å². The fourth-order valence-electron chi connectivity index (χ4n) is 2.33. The predicted molar refractivity (Wildman–Crippen MR) is 72.7 cm³/mol.